The van der Waals surface area contributed by atoms with Crippen molar-refractivity contribution in [2.45, 2.75) is 19.4 Å². The molecule has 0 saturated carbocycles. The highest BCUT2D eigenvalue weighted by Gasteiger charge is 1.93. The minimum Gasteiger partial charge on any atom is -0.396 e. The second kappa shape index (κ2) is 9.32. The van der Waals surface area contributed by atoms with Crippen LogP contribution in [-0.2, 0) is 0 Å². The summed E-state index contributed by atoms with van der Waals surface area (Å²) in [5, 5.41) is 20.5. The Morgan fingerprint density at radius 1 is 1.42 bits per heavy atom. The van der Waals surface area contributed by atoms with Crippen LogP contribution in [0.2, 0.25) is 0 Å². The van der Waals surface area contributed by atoms with Crippen LogP contribution in [0.3, 0.4) is 0 Å². The molecule has 74 valence electrons. The minimum absolute atomic E-state index is 0.257. The summed E-state index contributed by atoms with van der Waals surface area (Å²) in [5.74, 6) is 2.07. The van der Waals surface area contributed by atoms with Gasteiger partial charge in [0.2, 0.25) is 0 Å². The van der Waals surface area contributed by atoms with E-state index in [9.17, 15) is 0 Å². The molecule has 0 heterocycles. The summed E-state index contributed by atoms with van der Waals surface area (Å²) in [6.07, 6.45) is 0.619. The minimum atomic E-state index is -0.257. The Morgan fingerprint density at radius 2 is 2.17 bits per heavy atom. The molecule has 12 heavy (non-hydrogen) atoms. The quantitative estimate of drug-likeness (QED) is 0.478. The van der Waals surface area contributed by atoms with E-state index in [4.69, 9.17) is 10.2 Å². The summed E-state index contributed by atoms with van der Waals surface area (Å²) in [6.45, 7) is 3.65. The molecule has 4 heteroatoms. The number of nitrogens with one attached hydrogen (secondary N) is 1. The van der Waals surface area contributed by atoms with Gasteiger partial charge in [0.1, 0.15) is 0 Å². The van der Waals surface area contributed by atoms with E-state index in [2.05, 4.69) is 5.32 Å². The maximum absolute atomic E-state index is 8.89. The third-order valence-corrected chi connectivity index (χ3v) is 2.38. The molecule has 0 aromatic rings. The smallest absolute Gasteiger partial charge is 0.0636 e. The van der Waals surface area contributed by atoms with Crippen molar-refractivity contribution in [3.63, 3.8) is 0 Å². The second-order valence-electron chi connectivity index (χ2n) is 2.74. The van der Waals surface area contributed by atoms with Crippen LogP contribution in [0.1, 0.15) is 13.3 Å². The highest BCUT2D eigenvalue weighted by atomic mass is 32.2. The molecule has 0 aliphatic heterocycles. The van der Waals surface area contributed by atoms with Crippen LogP contribution in [0.5, 0.6) is 0 Å². The number of hydrogen-bond donors (Lipinski definition) is 3. The van der Waals surface area contributed by atoms with E-state index in [1.54, 1.807) is 6.92 Å². The molecule has 0 amide bonds. The predicted molar refractivity (Wildman–Crippen MR) is 53.6 cm³/mol. The Hall–Kier alpha value is 0.230. The van der Waals surface area contributed by atoms with Crippen LogP contribution in [-0.4, -0.2) is 47.5 Å². The standard InChI is InChI=1S/C8H19NO2S/c1-8(11)7-9-3-6-12-5-2-4-10/h8-11H,2-7H2,1H3/t8-/m0/s1. The Balaban J connectivity index is 2.82. The third kappa shape index (κ3) is 10.2. The molecule has 1 atom stereocenters. The van der Waals surface area contributed by atoms with Gasteiger partial charge in [0, 0.05) is 25.4 Å². The van der Waals surface area contributed by atoms with E-state index in [1.807, 2.05) is 11.8 Å². The highest BCUT2D eigenvalue weighted by molar-refractivity contribution is 7.99. The zero-order valence-electron chi connectivity index (χ0n) is 7.62. The van der Waals surface area contributed by atoms with Crippen molar-refractivity contribution < 1.29 is 10.2 Å². The molecule has 0 aliphatic carbocycles. The molecule has 0 fully saturated rings. The largest absolute Gasteiger partial charge is 0.396 e. The monoisotopic (exact) mass is 193 g/mol. The van der Waals surface area contributed by atoms with Gasteiger partial charge in [-0.25, -0.2) is 0 Å². The molecule has 0 saturated heterocycles. The summed E-state index contributed by atoms with van der Waals surface area (Å²) in [5.41, 5.74) is 0. The number of hydrogen-bond acceptors (Lipinski definition) is 4. The molecule has 0 aliphatic rings. The van der Waals surface area contributed by atoms with Crippen molar-refractivity contribution in [2.75, 3.05) is 31.2 Å². The maximum atomic E-state index is 8.89. The number of aliphatic hydroxyl groups excluding tert-OH is 2. The number of thioether (sulfide) groups is 1. The van der Waals surface area contributed by atoms with Crippen LogP contribution in [0.25, 0.3) is 0 Å². The fraction of sp³-hybridized carbons (Fsp3) is 1.00. The Bertz CT molecular complexity index is 91.1. The number of rotatable bonds is 8. The molecule has 0 aromatic carbocycles. The molecule has 0 spiro atoms. The van der Waals surface area contributed by atoms with Gasteiger partial charge in [0.25, 0.3) is 0 Å². The summed E-state index contributed by atoms with van der Waals surface area (Å²) < 4.78 is 0. The molecule has 0 radical (unpaired) electrons. The van der Waals surface area contributed by atoms with Gasteiger partial charge in [0.05, 0.1) is 6.10 Å². The molecule has 0 bridgehead atoms. The van der Waals surface area contributed by atoms with E-state index in [0.717, 1.165) is 24.5 Å². The van der Waals surface area contributed by atoms with Crippen LogP contribution in [0.15, 0.2) is 0 Å². The summed E-state index contributed by atoms with van der Waals surface area (Å²) in [6, 6.07) is 0. The second-order valence-corrected chi connectivity index (χ2v) is 3.97. The first kappa shape index (κ1) is 12.2. The van der Waals surface area contributed by atoms with E-state index >= 15 is 0 Å². The van der Waals surface area contributed by atoms with Crippen LogP contribution in [0.4, 0.5) is 0 Å². The van der Waals surface area contributed by atoms with E-state index in [1.165, 1.54) is 0 Å². The van der Waals surface area contributed by atoms with Crippen molar-refractivity contribution in [1.29, 1.82) is 0 Å². The lowest BCUT2D eigenvalue weighted by atomic mass is 10.4. The molecular weight excluding hydrogens is 174 g/mol. The predicted octanol–water partition coefficient (Wildman–Crippen LogP) is 0.0724. The first-order chi connectivity index (χ1) is 5.77. The maximum Gasteiger partial charge on any atom is 0.0636 e. The Kier molecular flexibility index (Phi) is 9.50. The van der Waals surface area contributed by atoms with Crippen LogP contribution >= 0.6 is 11.8 Å². The van der Waals surface area contributed by atoms with E-state index < -0.39 is 0 Å². The molecule has 0 unspecified atom stereocenters. The van der Waals surface area contributed by atoms with Crippen molar-refractivity contribution in [1.82, 2.24) is 5.32 Å². The summed E-state index contributed by atoms with van der Waals surface area (Å²) in [4.78, 5) is 0. The fourth-order valence-corrected chi connectivity index (χ4v) is 1.55. The average Bonchev–Trinajstić information content (AvgIpc) is 2.02. The van der Waals surface area contributed by atoms with Gasteiger partial charge in [-0.15, -0.1) is 0 Å². The van der Waals surface area contributed by atoms with Crippen molar-refractivity contribution in [3.8, 4) is 0 Å². The SMILES string of the molecule is C[C@H](O)CNCCSCCCO. The van der Waals surface area contributed by atoms with Crippen LogP contribution < -0.4 is 5.32 Å². The third-order valence-electron chi connectivity index (χ3n) is 1.31. The van der Waals surface area contributed by atoms with Crippen LogP contribution in [0, 0.1) is 0 Å². The van der Waals surface area contributed by atoms with Crippen molar-refractivity contribution in [2.24, 2.45) is 0 Å². The molecular formula is C8H19NO2S. The van der Waals surface area contributed by atoms with Gasteiger partial charge >= 0.3 is 0 Å². The fourth-order valence-electron chi connectivity index (χ4n) is 0.724. The summed E-state index contributed by atoms with van der Waals surface area (Å²) in [7, 11) is 0. The first-order valence-corrected chi connectivity index (χ1v) is 5.50. The van der Waals surface area contributed by atoms with Gasteiger partial charge in [-0.05, 0) is 19.1 Å². The molecule has 0 aromatic heterocycles. The van der Waals surface area contributed by atoms with Crippen molar-refractivity contribution >= 4 is 11.8 Å². The summed E-state index contributed by atoms with van der Waals surface area (Å²) >= 11 is 1.83. The van der Waals surface area contributed by atoms with Gasteiger partial charge in [-0.2, -0.15) is 11.8 Å². The molecule has 3 N–H and O–H groups in total. The number of aliphatic hydroxyl groups is 2. The molecule has 3 nitrogen and oxygen atoms in total. The highest BCUT2D eigenvalue weighted by Crippen LogP contribution is 1.99. The molecule has 0 rings (SSSR count). The lowest BCUT2D eigenvalue weighted by Gasteiger charge is -2.05. The average molecular weight is 193 g/mol. The normalized spacial score (nSPS) is 13.2. The zero-order valence-corrected chi connectivity index (χ0v) is 8.44. The van der Waals surface area contributed by atoms with Crippen molar-refractivity contribution in [3.05, 3.63) is 0 Å². The van der Waals surface area contributed by atoms with Gasteiger partial charge in [-0.3, -0.25) is 0 Å². The topological polar surface area (TPSA) is 52.5 Å². The Morgan fingerprint density at radius 3 is 2.75 bits per heavy atom. The van der Waals surface area contributed by atoms with Gasteiger partial charge in [0.15, 0.2) is 0 Å². The lowest BCUT2D eigenvalue weighted by molar-refractivity contribution is 0.192. The van der Waals surface area contributed by atoms with Gasteiger partial charge in [-0.1, -0.05) is 0 Å². The van der Waals surface area contributed by atoms with Gasteiger partial charge < -0.3 is 15.5 Å². The Labute approximate surface area is 78.6 Å². The van der Waals surface area contributed by atoms with E-state index in [-0.39, 0.29) is 12.7 Å². The lowest BCUT2D eigenvalue weighted by Crippen LogP contribution is -2.26. The zero-order chi connectivity index (χ0) is 9.23. The van der Waals surface area contributed by atoms with E-state index in [0.29, 0.717) is 6.54 Å². The first-order valence-electron chi connectivity index (χ1n) is 4.34.